The zero-order valence-corrected chi connectivity index (χ0v) is 41.3. The number of benzene rings is 4. The summed E-state index contributed by atoms with van der Waals surface area (Å²) in [7, 11) is 0. The number of H-pyrrole nitrogens is 2. The lowest BCUT2D eigenvalue weighted by atomic mass is 9.91. The lowest BCUT2D eigenvalue weighted by molar-refractivity contribution is -0.386. The van der Waals surface area contributed by atoms with Gasteiger partial charge in [-0.25, -0.2) is 4.79 Å². The van der Waals surface area contributed by atoms with Gasteiger partial charge in [0.05, 0.1) is 21.2 Å². The van der Waals surface area contributed by atoms with Crippen molar-refractivity contribution in [3.05, 3.63) is 138 Å². The van der Waals surface area contributed by atoms with Crippen molar-refractivity contribution in [2.75, 3.05) is 62.2 Å². The van der Waals surface area contributed by atoms with Gasteiger partial charge in [0.25, 0.3) is 17.3 Å². The van der Waals surface area contributed by atoms with Crippen molar-refractivity contribution >= 4 is 34.6 Å². The highest BCUT2D eigenvalue weighted by atomic mass is 16.6. The van der Waals surface area contributed by atoms with Gasteiger partial charge in [0, 0.05) is 133 Å². The average Bonchev–Trinajstić information content (AvgIpc) is 4.22. The molecule has 71 heavy (non-hydrogen) atoms. The highest BCUT2D eigenvalue weighted by Gasteiger charge is 2.48. The Morgan fingerprint density at radius 2 is 1.00 bits per heavy atom. The Hall–Kier alpha value is -7.80. The van der Waals surface area contributed by atoms with E-state index in [9.17, 15) is 34.9 Å². The molecule has 2 fully saturated rings. The Morgan fingerprint density at radius 3 is 1.39 bits per heavy atom. The largest absolute Gasteiger partial charge is 0.478 e. The van der Waals surface area contributed by atoms with Crippen LogP contribution in [0.15, 0.2) is 73.1 Å². The minimum atomic E-state index is -1.35. The van der Waals surface area contributed by atoms with E-state index in [4.69, 9.17) is 9.47 Å². The van der Waals surface area contributed by atoms with Crippen molar-refractivity contribution < 1.29 is 34.0 Å². The minimum absolute atomic E-state index is 0.0505. The molecular formula is C52H60N10O9. The van der Waals surface area contributed by atoms with Gasteiger partial charge in [0.1, 0.15) is 11.5 Å². The number of nitro benzene ring substituents is 2. The first-order valence-electron chi connectivity index (χ1n) is 23.7. The summed E-state index contributed by atoms with van der Waals surface area (Å²) in [6.07, 6.45) is 3.99. The molecule has 1 amide bonds. The molecular weight excluding hydrogens is 909 g/mol. The molecule has 2 aromatic heterocycles. The zero-order valence-electron chi connectivity index (χ0n) is 41.3. The first-order chi connectivity index (χ1) is 33.8. The number of aliphatic carboxylic acids is 1. The highest BCUT2D eigenvalue weighted by molar-refractivity contribution is 5.88. The van der Waals surface area contributed by atoms with E-state index in [0.29, 0.717) is 64.4 Å². The number of carboxylic acid groups (broad SMARTS) is 1. The third-order valence-electron chi connectivity index (χ3n) is 14.4. The lowest BCUT2D eigenvalue weighted by Crippen LogP contribution is -2.56. The van der Waals surface area contributed by atoms with Gasteiger partial charge >= 0.3 is 5.97 Å². The average molecular weight is 969 g/mol. The molecule has 4 aromatic carbocycles. The fraction of sp³-hybridized carbons (Fsp3) is 0.385. The van der Waals surface area contributed by atoms with Crippen LogP contribution in [-0.4, -0.2) is 116 Å². The molecule has 4 N–H and O–H groups in total. The maximum Gasteiger partial charge on any atom is 0.348 e. The number of carbonyl (C=O) groups excluding carboxylic acids is 1. The predicted molar refractivity (Wildman–Crippen MR) is 270 cm³/mol. The number of carbonyl (C=O) groups is 2. The molecule has 4 aliphatic heterocycles. The molecule has 2 unspecified atom stereocenters. The van der Waals surface area contributed by atoms with Crippen LogP contribution in [0.2, 0.25) is 0 Å². The van der Waals surface area contributed by atoms with Gasteiger partial charge in [-0.2, -0.15) is 10.2 Å². The van der Waals surface area contributed by atoms with Crippen LogP contribution < -0.4 is 24.6 Å². The summed E-state index contributed by atoms with van der Waals surface area (Å²) >= 11 is 0. The SMILES string of the molecule is Cc1c(C)c([N+](=O)[O-])c(C)c2c1OC(C)(C(=O)N1CCN(c3ccc(-c4ccn[nH]4)cc3)CC1)C2.Cc1c(C)c([N+](=O)[O-])c(C)c2c1OC(C)(C(=O)O)C2.c1cc(-c2ccc(N3CCNCC3)cc2)[nH]n1. The van der Waals surface area contributed by atoms with Crippen LogP contribution in [0.5, 0.6) is 11.5 Å². The number of amides is 1. The molecule has 0 aliphatic carbocycles. The van der Waals surface area contributed by atoms with E-state index in [2.05, 4.69) is 84.0 Å². The number of anilines is 2. The summed E-state index contributed by atoms with van der Waals surface area (Å²) in [5.74, 6) is -0.0344. The van der Waals surface area contributed by atoms with Gasteiger partial charge in [-0.3, -0.25) is 35.2 Å². The first-order valence-corrected chi connectivity index (χ1v) is 23.7. The summed E-state index contributed by atoms with van der Waals surface area (Å²) < 4.78 is 11.8. The van der Waals surface area contributed by atoms with Gasteiger partial charge in [0.15, 0.2) is 5.60 Å². The number of hydrogen-bond donors (Lipinski definition) is 4. The Bertz CT molecular complexity index is 2960. The molecule has 0 radical (unpaired) electrons. The molecule has 0 saturated carbocycles. The fourth-order valence-corrected chi connectivity index (χ4v) is 9.99. The molecule has 19 heteroatoms. The van der Waals surface area contributed by atoms with E-state index >= 15 is 0 Å². The topological polar surface area (TPSA) is 238 Å². The molecule has 4 aliphatic rings. The van der Waals surface area contributed by atoms with E-state index < -0.39 is 22.1 Å². The van der Waals surface area contributed by atoms with Crippen LogP contribution in [0, 0.1) is 61.8 Å². The number of carboxylic acids is 1. The molecule has 10 rings (SSSR count). The molecule has 19 nitrogen and oxygen atoms in total. The number of piperazine rings is 2. The zero-order chi connectivity index (χ0) is 50.9. The maximum absolute atomic E-state index is 13.6. The van der Waals surface area contributed by atoms with E-state index in [1.165, 1.54) is 18.2 Å². The van der Waals surface area contributed by atoms with Crippen molar-refractivity contribution in [2.24, 2.45) is 0 Å². The Balaban J connectivity index is 0.000000158. The number of fused-ring (bicyclic) bond motifs is 2. The third-order valence-corrected chi connectivity index (χ3v) is 14.4. The van der Waals surface area contributed by atoms with Crippen LogP contribution >= 0.6 is 0 Å². The summed E-state index contributed by atoms with van der Waals surface area (Å²) in [4.78, 5) is 53.4. The second-order valence-electron chi connectivity index (χ2n) is 19.0. The standard InChI is InChI=1S/C26H29N5O4.C13H16N4.C13H15NO5/c1-16-17(2)24-21(18(3)23(16)31(33)34)15-26(4,35-24)25(32)30-13-11-29(12-14-30)20-7-5-19(6-8-20)22-9-10-27-28-22;1-3-12(17-9-7-14-8-10-17)4-2-11(1)13-5-6-15-16-13;1-6-7(2)11-9(8(3)10(6)14(17)18)5-13(4,19-11)12(15)16/h5-10H,11-15H2,1-4H3,(H,27,28);1-6,14H,7-10H2,(H,15,16);5H2,1-4H3,(H,15,16). The van der Waals surface area contributed by atoms with Gasteiger partial charge in [0.2, 0.25) is 5.60 Å². The number of aromatic nitrogens is 4. The van der Waals surface area contributed by atoms with E-state index in [1.807, 2.05) is 24.0 Å². The third kappa shape index (κ3) is 9.73. The van der Waals surface area contributed by atoms with Crippen LogP contribution in [0.3, 0.4) is 0 Å². The van der Waals surface area contributed by atoms with E-state index in [1.54, 1.807) is 53.9 Å². The van der Waals surface area contributed by atoms with Crippen molar-refractivity contribution in [3.8, 4) is 34.0 Å². The van der Waals surface area contributed by atoms with Gasteiger partial charge < -0.3 is 34.6 Å². The summed E-state index contributed by atoms with van der Waals surface area (Å²) in [5, 5.41) is 49.3. The Kier molecular flexibility index (Phi) is 13.9. The second kappa shape index (κ2) is 19.9. The fourth-order valence-electron chi connectivity index (χ4n) is 9.99. The number of rotatable bonds is 8. The van der Waals surface area contributed by atoms with Gasteiger partial charge in [-0.05, 0) is 103 Å². The van der Waals surface area contributed by atoms with Crippen molar-refractivity contribution in [1.29, 1.82) is 0 Å². The van der Waals surface area contributed by atoms with Crippen molar-refractivity contribution in [1.82, 2.24) is 30.6 Å². The number of hydrogen-bond acceptors (Lipinski definition) is 13. The predicted octanol–water partition coefficient (Wildman–Crippen LogP) is 7.74. The van der Waals surface area contributed by atoms with Crippen molar-refractivity contribution in [3.63, 3.8) is 0 Å². The van der Waals surface area contributed by atoms with Crippen LogP contribution in [0.25, 0.3) is 22.5 Å². The minimum Gasteiger partial charge on any atom is -0.478 e. The molecule has 6 heterocycles. The number of nitrogens with one attached hydrogen (secondary N) is 3. The normalized spacial score (nSPS) is 19.0. The smallest absolute Gasteiger partial charge is 0.348 e. The number of aromatic amines is 2. The molecule has 372 valence electrons. The van der Waals surface area contributed by atoms with Crippen molar-refractivity contribution in [2.45, 2.75) is 79.4 Å². The summed E-state index contributed by atoms with van der Waals surface area (Å²) in [5.41, 5.74) is 9.44. The van der Waals surface area contributed by atoms with Gasteiger partial charge in [-0.1, -0.05) is 24.3 Å². The number of nitrogens with zero attached hydrogens (tertiary/aromatic N) is 7. The molecule has 2 atom stereocenters. The molecule has 0 bridgehead atoms. The number of nitro groups is 2. The maximum atomic E-state index is 13.6. The lowest BCUT2D eigenvalue weighted by Gasteiger charge is -2.39. The quantitative estimate of drug-likeness (QED) is 0.0844. The summed E-state index contributed by atoms with van der Waals surface area (Å²) in [6, 6.07) is 20.9. The van der Waals surface area contributed by atoms with Crippen LogP contribution in [-0.2, 0) is 22.4 Å². The van der Waals surface area contributed by atoms with Crippen LogP contribution in [0.1, 0.15) is 58.4 Å². The first kappa shape index (κ1) is 49.6. The Labute approximate surface area is 411 Å². The van der Waals surface area contributed by atoms with E-state index in [0.717, 1.165) is 73.0 Å². The van der Waals surface area contributed by atoms with E-state index in [-0.39, 0.29) is 28.6 Å². The molecule has 0 spiro atoms. The number of ether oxygens (including phenoxy) is 2. The second-order valence-corrected chi connectivity index (χ2v) is 19.0. The van der Waals surface area contributed by atoms with Gasteiger partial charge in [-0.15, -0.1) is 0 Å². The molecule has 6 aromatic rings. The molecule has 2 saturated heterocycles. The highest BCUT2D eigenvalue weighted by Crippen LogP contribution is 2.47. The Morgan fingerprint density at radius 1 is 0.592 bits per heavy atom. The van der Waals surface area contributed by atoms with Crippen LogP contribution in [0.4, 0.5) is 22.7 Å². The summed E-state index contributed by atoms with van der Waals surface area (Å²) in [6.45, 7) is 20.6. The monoisotopic (exact) mass is 968 g/mol.